The number of hydrogen-bond acceptors (Lipinski definition) is 10. The second-order valence-electron chi connectivity index (χ2n) is 7.54. The van der Waals surface area contributed by atoms with Crippen molar-refractivity contribution in [2.45, 2.75) is 6.92 Å². The molecule has 0 spiro atoms. The number of methoxy groups -OCH3 is 1. The van der Waals surface area contributed by atoms with Crippen LogP contribution in [-0.4, -0.2) is 93.0 Å². The van der Waals surface area contributed by atoms with Crippen LogP contribution in [0.25, 0.3) is 0 Å². The first-order valence-electron chi connectivity index (χ1n) is 10.7. The zero-order chi connectivity index (χ0) is 22.8. The highest BCUT2D eigenvalue weighted by atomic mass is 16.5. The first-order chi connectivity index (χ1) is 15.5. The van der Waals surface area contributed by atoms with Crippen LogP contribution in [0.5, 0.6) is 11.8 Å². The normalized spacial score (nSPS) is 14.6. The van der Waals surface area contributed by atoms with Gasteiger partial charge in [0.25, 0.3) is 0 Å². The largest absolute Gasteiger partial charge is 0.507 e. The molecule has 1 aliphatic heterocycles. The maximum atomic E-state index is 9.99. The number of nitrogens with one attached hydrogen (secondary N) is 1. The number of nitrogens with zero attached hydrogens (tertiary/aromatic N) is 5. The van der Waals surface area contributed by atoms with E-state index in [1.807, 2.05) is 31.0 Å². The Morgan fingerprint density at radius 2 is 2.06 bits per heavy atom. The number of anilines is 2. The van der Waals surface area contributed by atoms with Crippen LogP contribution in [0, 0.1) is 6.92 Å². The van der Waals surface area contributed by atoms with Gasteiger partial charge in [0.2, 0.25) is 0 Å². The third-order valence-corrected chi connectivity index (χ3v) is 5.02. The van der Waals surface area contributed by atoms with Crippen LogP contribution in [0.2, 0.25) is 0 Å². The molecule has 1 aromatic carbocycles. The predicted molar refractivity (Wildman–Crippen MR) is 124 cm³/mol. The molecule has 2 N–H and O–H groups in total. The van der Waals surface area contributed by atoms with E-state index in [1.165, 1.54) is 0 Å². The number of aryl methyl sites for hydroxylation is 1. The van der Waals surface area contributed by atoms with Crippen LogP contribution in [0.4, 0.5) is 11.6 Å². The van der Waals surface area contributed by atoms with Gasteiger partial charge in [-0.2, -0.15) is 15.1 Å². The van der Waals surface area contributed by atoms with Crippen LogP contribution in [0.1, 0.15) is 11.1 Å². The van der Waals surface area contributed by atoms with E-state index in [1.54, 1.807) is 25.5 Å². The van der Waals surface area contributed by atoms with Crippen molar-refractivity contribution >= 4 is 17.9 Å². The molecule has 0 bridgehead atoms. The second kappa shape index (κ2) is 12.2. The van der Waals surface area contributed by atoms with Gasteiger partial charge >= 0.3 is 6.01 Å². The molecule has 10 nitrogen and oxygen atoms in total. The molecule has 1 aromatic heterocycles. The molecule has 0 amide bonds. The molecule has 0 saturated carbocycles. The van der Waals surface area contributed by atoms with Gasteiger partial charge in [0.05, 0.1) is 26.0 Å². The molecule has 32 heavy (non-hydrogen) atoms. The van der Waals surface area contributed by atoms with Crippen molar-refractivity contribution in [3.8, 4) is 11.8 Å². The van der Waals surface area contributed by atoms with Gasteiger partial charge in [-0.15, -0.1) is 0 Å². The molecule has 174 valence electrons. The van der Waals surface area contributed by atoms with Crippen LogP contribution in [0.15, 0.2) is 29.4 Å². The Morgan fingerprint density at radius 1 is 1.25 bits per heavy atom. The number of likely N-dealkylation sites (N-methyl/N-ethyl adjacent to an activating group) is 1. The second-order valence-corrected chi connectivity index (χ2v) is 7.54. The molecule has 1 saturated heterocycles. The summed E-state index contributed by atoms with van der Waals surface area (Å²) in [6.07, 6.45) is 1.55. The van der Waals surface area contributed by atoms with Gasteiger partial charge in [-0.1, -0.05) is 11.6 Å². The zero-order valence-electron chi connectivity index (χ0n) is 19.0. The fraction of sp³-hybridized carbons (Fsp3) is 0.500. The summed E-state index contributed by atoms with van der Waals surface area (Å²) in [4.78, 5) is 13.2. The monoisotopic (exact) mass is 444 g/mol. The Bertz CT molecular complexity index is 889. The van der Waals surface area contributed by atoms with E-state index in [9.17, 15) is 5.11 Å². The zero-order valence-corrected chi connectivity index (χ0v) is 19.0. The average molecular weight is 445 g/mol. The number of hydrazone groups is 1. The van der Waals surface area contributed by atoms with Gasteiger partial charge in [-0.05, 0) is 19.1 Å². The Hall–Kier alpha value is -2.95. The maximum Gasteiger partial charge on any atom is 0.320 e. The number of aromatic hydroxyl groups is 1. The number of phenols is 1. The van der Waals surface area contributed by atoms with E-state index in [-0.39, 0.29) is 11.8 Å². The van der Waals surface area contributed by atoms with Crippen molar-refractivity contribution in [1.82, 2.24) is 14.9 Å². The summed E-state index contributed by atoms with van der Waals surface area (Å²) in [5, 5.41) is 14.2. The van der Waals surface area contributed by atoms with Gasteiger partial charge in [0.1, 0.15) is 18.2 Å². The first kappa shape index (κ1) is 23.7. The smallest absolute Gasteiger partial charge is 0.320 e. The third-order valence-electron chi connectivity index (χ3n) is 5.02. The third kappa shape index (κ3) is 7.33. The lowest BCUT2D eigenvalue weighted by Crippen LogP contribution is -2.38. The Kier molecular flexibility index (Phi) is 9.02. The lowest BCUT2D eigenvalue weighted by molar-refractivity contribution is 0.0317. The SMILES string of the molecule is COCCN(C)c1cc(N/N=C/c2cc(C)ccc2O)nc(OCCN2CCOCC2)n1. The first-order valence-corrected chi connectivity index (χ1v) is 10.7. The van der Waals surface area contributed by atoms with Crippen molar-refractivity contribution < 1.29 is 19.3 Å². The number of ether oxygens (including phenoxy) is 3. The van der Waals surface area contributed by atoms with Crippen molar-refractivity contribution in [2.24, 2.45) is 5.10 Å². The fourth-order valence-electron chi connectivity index (χ4n) is 3.11. The maximum absolute atomic E-state index is 9.99. The summed E-state index contributed by atoms with van der Waals surface area (Å²) in [5.74, 6) is 1.34. The van der Waals surface area contributed by atoms with Crippen LogP contribution in [0.3, 0.4) is 0 Å². The lowest BCUT2D eigenvalue weighted by Gasteiger charge is -2.26. The molecule has 0 atom stereocenters. The van der Waals surface area contributed by atoms with Crippen molar-refractivity contribution in [3.05, 3.63) is 35.4 Å². The van der Waals surface area contributed by atoms with Crippen LogP contribution < -0.4 is 15.1 Å². The molecule has 10 heteroatoms. The number of hydrogen-bond donors (Lipinski definition) is 2. The number of morpholine rings is 1. The molecular formula is C22H32N6O4. The van der Waals surface area contributed by atoms with Gasteiger partial charge in [-0.25, -0.2) is 0 Å². The number of phenolic OH excluding ortho intramolecular Hbond substituents is 1. The average Bonchev–Trinajstić information content (AvgIpc) is 2.80. The molecule has 1 fully saturated rings. The quantitative estimate of drug-likeness (QED) is 0.396. The van der Waals surface area contributed by atoms with E-state index in [0.29, 0.717) is 37.0 Å². The molecule has 3 rings (SSSR count). The van der Waals surface area contributed by atoms with Crippen LogP contribution >= 0.6 is 0 Å². The molecule has 0 unspecified atom stereocenters. The number of benzene rings is 1. The number of rotatable bonds is 11. The molecule has 1 aliphatic rings. The van der Waals surface area contributed by atoms with Crippen molar-refractivity contribution in [1.29, 1.82) is 0 Å². The summed E-state index contributed by atoms with van der Waals surface area (Å²) in [6.45, 7) is 7.75. The highest BCUT2D eigenvalue weighted by Gasteiger charge is 2.12. The topological polar surface area (TPSA) is 105 Å². The van der Waals surface area contributed by atoms with E-state index < -0.39 is 0 Å². The van der Waals surface area contributed by atoms with E-state index >= 15 is 0 Å². The minimum absolute atomic E-state index is 0.163. The van der Waals surface area contributed by atoms with E-state index in [0.717, 1.165) is 38.4 Å². The summed E-state index contributed by atoms with van der Waals surface area (Å²) < 4.78 is 16.4. The Balaban J connectivity index is 1.68. The van der Waals surface area contributed by atoms with Crippen molar-refractivity contribution in [3.63, 3.8) is 0 Å². The standard InChI is InChI=1S/C22H32N6O4/c1-17-4-5-19(29)18(14-17)16-23-26-20-15-21(27(2)6-10-30-3)25-22(24-20)32-13-9-28-7-11-31-12-8-28/h4-5,14-16,29H,6-13H2,1-3H3,(H,24,25,26)/b23-16+. The van der Waals surface area contributed by atoms with Gasteiger partial charge in [0.15, 0.2) is 5.82 Å². The van der Waals surface area contributed by atoms with Crippen LogP contribution in [-0.2, 0) is 9.47 Å². The minimum atomic E-state index is 0.163. The molecular weight excluding hydrogens is 412 g/mol. The molecule has 0 radical (unpaired) electrons. The molecule has 2 heterocycles. The highest BCUT2D eigenvalue weighted by Crippen LogP contribution is 2.20. The molecule has 0 aliphatic carbocycles. The summed E-state index contributed by atoms with van der Waals surface area (Å²) in [6, 6.07) is 7.40. The summed E-state index contributed by atoms with van der Waals surface area (Å²) in [5.41, 5.74) is 4.56. The van der Waals surface area contributed by atoms with Gasteiger partial charge in [0, 0.05) is 52.0 Å². The minimum Gasteiger partial charge on any atom is -0.507 e. The Labute approximate surface area is 188 Å². The van der Waals surface area contributed by atoms with Gasteiger partial charge in [-0.3, -0.25) is 10.3 Å². The van der Waals surface area contributed by atoms with Crippen molar-refractivity contribution in [2.75, 3.05) is 77.1 Å². The Morgan fingerprint density at radius 3 is 2.84 bits per heavy atom. The van der Waals surface area contributed by atoms with E-state index in [2.05, 4.69) is 25.4 Å². The van der Waals surface area contributed by atoms with E-state index in [4.69, 9.17) is 14.2 Å². The number of aromatic nitrogens is 2. The fourth-order valence-corrected chi connectivity index (χ4v) is 3.11. The lowest BCUT2D eigenvalue weighted by atomic mass is 10.1. The summed E-state index contributed by atoms with van der Waals surface area (Å²) in [7, 11) is 3.59. The summed E-state index contributed by atoms with van der Waals surface area (Å²) >= 11 is 0. The van der Waals surface area contributed by atoms with Gasteiger partial charge < -0.3 is 24.2 Å². The highest BCUT2D eigenvalue weighted by molar-refractivity contribution is 5.84. The predicted octanol–water partition coefficient (Wildman–Crippen LogP) is 1.73. The molecule has 2 aromatic rings.